The maximum absolute atomic E-state index is 8.96. The second-order valence-corrected chi connectivity index (χ2v) is 5.15. The van der Waals surface area contributed by atoms with Crippen LogP contribution in [0.3, 0.4) is 0 Å². The summed E-state index contributed by atoms with van der Waals surface area (Å²) >= 11 is 3.54. The van der Waals surface area contributed by atoms with Gasteiger partial charge in [-0.05, 0) is 30.5 Å². The van der Waals surface area contributed by atoms with Crippen LogP contribution in [-0.4, -0.2) is 24.5 Å². The van der Waals surface area contributed by atoms with Gasteiger partial charge in [0.25, 0.3) is 0 Å². The van der Waals surface area contributed by atoms with Gasteiger partial charge in [0.2, 0.25) is 6.79 Å². The Morgan fingerprint density at radius 1 is 1.39 bits per heavy atom. The van der Waals surface area contributed by atoms with Gasteiger partial charge in [0, 0.05) is 23.7 Å². The molecule has 0 amide bonds. The van der Waals surface area contributed by atoms with Crippen molar-refractivity contribution in [2.45, 2.75) is 32.4 Å². The minimum atomic E-state index is 0.216. The molecule has 0 aromatic heterocycles. The molecule has 0 spiro atoms. The van der Waals surface area contributed by atoms with Crippen molar-refractivity contribution in [1.82, 2.24) is 5.32 Å². The fourth-order valence-corrected chi connectivity index (χ4v) is 2.42. The van der Waals surface area contributed by atoms with Crippen LogP contribution in [0.25, 0.3) is 0 Å². The van der Waals surface area contributed by atoms with Crippen molar-refractivity contribution in [3.63, 3.8) is 0 Å². The first-order chi connectivity index (χ1) is 8.74. The molecule has 5 heteroatoms. The Balaban J connectivity index is 2.01. The molecule has 1 aliphatic heterocycles. The summed E-state index contributed by atoms with van der Waals surface area (Å²) in [4.78, 5) is 0. The van der Waals surface area contributed by atoms with Crippen LogP contribution in [0.1, 0.15) is 25.3 Å². The van der Waals surface area contributed by atoms with Gasteiger partial charge >= 0.3 is 0 Å². The van der Waals surface area contributed by atoms with E-state index in [1.807, 2.05) is 12.1 Å². The van der Waals surface area contributed by atoms with Crippen LogP contribution < -0.4 is 14.8 Å². The van der Waals surface area contributed by atoms with E-state index in [-0.39, 0.29) is 6.61 Å². The third-order valence-electron chi connectivity index (χ3n) is 3.09. The molecule has 0 aliphatic carbocycles. The fraction of sp³-hybridized carbons (Fsp3) is 0.538. The summed E-state index contributed by atoms with van der Waals surface area (Å²) in [7, 11) is 0. The van der Waals surface area contributed by atoms with Crippen molar-refractivity contribution in [1.29, 1.82) is 0 Å². The molecule has 1 aromatic carbocycles. The molecule has 0 fully saturated rings. The van der Waals surface area contributed by atoms with Crippen LogP contribution in [0.15, 0.2) is 16.6 Å². The zero-order valence-electron chi connectivity index (χ0n) is 10.4. The number of halogens is 1. The standard InChI is InChI=1S/C13H18BrNO3/c1-2-10(3-4-16)15-7-9-5-12-13(6-11(9)14)18-8-17-12/h5-6,10,15-16H,2-4,7-8H2,1H3. The number of nitrogens with one attached hydrogen (secondary N) is 1. The molecule has 4 nitrogen and oxygen atoms in total. The molecule has 100 valence electrons. The summed E-state index contributed by atoms with van der Waals surface area (Å²) in [6.07, 6.45) is 1.78. The number of hydrogen-bond acceptors (Lipinski definition) is 4. The van der Waals surface area contributed by atoms with Crippen molar-refractivity contribution < 1.29 is 14.6 Å². The Hall–Kier alpha value is -0.780. The highest BCUT2D eigenvalue weighted by Gasteiger charge is 2.16. The van der Waals surface area contributed by atoms with Gasteiger partial charge in [0.15, 0.2) is 11.5 Å². The van der Waals surface area contributed by atoms with Crippen molar-refractivity contribution in [2.75, 3.05) is 13.4 Å². The molecule has 0 bridgehead atoms. The Kier molecular flexibility index (Phi) is 4.86. The van der Waals surface area contributed by atoms with Crippen LogP contribution in [0.2, 0.25) is 0 Å². The van der Waals surface area contributed by atoms with Gasteiger partial charge in [-0.3, -0.25) is 0 Å². The predicted octanol–water partition coefficient (Wildman–Crippen LogP) is 2.43. The highest BCUT2D eigenvalue weighted by atomic mass is 79.9. The van der Waals surface area contributed by atoms with Gasteiger partial charge in [0.05, 0.1) is 0 Å². The van der Waals surface area contributed by atoms with Gasteiger partial charge < -0.3 is 19.9 Å². The minimum Gasteiger partial charge on any atom is -0.454 e. The average Bonchev–Trinajstić information content (AvgIpc) is 2.81. The molecule has 1 aliphatic rings. The average molecular weight is 316 g/mol. The molecule has 2 rings (SSSR count). The van der Waals surface area contributed by atoms with Crippen molar-refractivity contribution in [3.8, 4) is 11.5 Å². The number of benzene rings is 1. The lowest BCUT2D eigenvalue weighted by Crippen LogP contribution is -2.28. The number of fused-ring (bicyclic) bond motifs is 1. The quantitative estimate of drug-likeness (QED) is 0.846. The van der Waals surface area contributed by atoms with Gasteiger partial charge in [-0.15, -0.1) is 0 Å². The van der Waals surface area contributed by atoms with Crippen molar-refractivity contribution in [2.24, 2.45) is 0 Å². The van der Waals surface area contributed by atoms with Crippen LogP contribution in [-0.2, 0) is 6.54 Å². The second-order valence-electron chi connectivity index (χ2n) is 4.30. The van der Waals surface area contributed by atoms with Crippen LogP contribution in [0.4, 0.5) is 0 Å². The van der Waals surface area contributed by atoms with Crippen molar-refractivity contribution >= 4 is 15.9 Å². The number of aliphatic hydroxyl groups excluding tert-OH is 1. The number of rotatable bonds is 6. The normalized spacial score (nSPS) is 14.8. The summed E-state index contributed by atoms with van der Waals surface area (Å²) in [6.45, 7) is 3.37. The van der Waals surface area contributed by atoms with Gasteiger partial charge in [-0.2, -0.15) is 0 Å². The van der Waals surface area contributed by atoms with E-state index < -0.39 is 0 Å². The maximum atomic E-state index is 8.96. The molecule has 1 aromatic rings. The van der Waals surface area contributed by atoms with E-state index in [0.717, 1.165) is 40.9 Å². The minimum absolute atomic E-state index is 0.216. The molecule has 0 saturated heterocycles. The smallest absolute Gasteiger partial charge is 0.231 e. The van der Waals surface area contributed by atoms with E-state index in [0.29, 0.717) is 12.8 Å². The monoisotopic (exact) mass is 315 g/mol. The third-order valence-corrected chi connectivity index (χ3v) is 3.83. The Bertz CT molecular complexity index is 411. The lowest BCUT2D eigenvalue weighted by molar-refractivity contribution is 0.174. The Morgan fingerprint density at radius 3 is 2.78 bits per heavy atom. The van der Waals surface area contributed by atoms with E-state index in [2.05, 4.69) is 28.2 Å². The zero-order valence-corrected chi connectivity index (χ0v) is 12.0. The van der Waals surface area contributed by atoms with Gasteiger partial charge in [0.1, 0.15) is 0 Å². The maximum Gasteiger partial charge on any atom is 0.231 e. The van der Waals surface area contributed by atoms with E-state index in [9.17, 15) is 0 Å². The lowest BCUT2D eigenvalue weighted by Gasteiger charge is -2.16. The molecule has 18 heavy (non-hydrogen) atoms. The molecule has 1 unspecified atom stereocenters. The zero-order chi connectivity index (χ0) is 13.0. The Morgan fingerprint density at radius 2 is 2.11 bits per heavy atom. The fourth-order valence-electron chi connectivity index (χ4n) is 1.96. The highest BCUT2D eigenvalue weighted by Crippen LogP contribution is 2.36. The molecule has 2 N–H and O–H groups in total. The van der Waals surface area contributed by atoms with E-state index in [4.69, 9.17) is 14.6 Å². The van der Waals surface area contributed by atoms with Crippen LogP contribution in [0.5, 0.6) is 11.5 Å². The largest absolute Gasteiger partial charge is 0.454 e. The van der Waals surface area contributed by atoms with Gasteiger partial charge in [-0.25, -0.2) is 0 Å². The molecule has 1 heterocycles. The summed E-state index contributed by atoms with van der Waals surface area (Å²) in [5.41, 5.74) is 1.13. The second kappa shape index (κ2) is 6.41. The van der Waals surface area contributed by atoms with E-state index in [1.54, 1.807) is 0 Å². The summed E-state index contributed by atoms with van der Waals surface area (Å²) < 4.78 is 11.7. The Labute approximate surface area is 115 Å². The molecule has 0 saturated carbocycles. The first-order valence-electron chi connectivity index (χ1n) is 6.16. The summed E-state index contributed by atoms with van der Waals surface area (Å²) in [5, 5.41) is 12.4. The number of aliphatic hydroxyl groups is 1. The number of hydrogen-bond donors (Lipinski definition) is 2. The first-order valence-corrected chi connectivity index (χ1v) is 6.96. The third kappa shape index (κ3) is 3.16. The highest BCUT2D eigenvalue weighted by molar-refractivity contribution is 9.10. The predicted molar refractivity (Wildman–Crippen MR) is 72.9 cm³/mol. The van der Waals surface area contributed by atoms with Crippen LogP contribution >= 0.6 is 15.9 Å². The number of ether oxygens (including phenoxy) is 2. The summed E-state index contributed by atoms with van der Waals surface area (Å²) in [6, 6.07) is 4.27. The molecule has 1 atom stereocenters. The SMILES string of the molecule is CCC(CCO)NCc1cc2c(cc1Br)OCO2. The summed E-state index contributed by atoms with van der Waals surface area (Å²) in [5.74, 6) is 1.58. The molecular formula is C13H18BrNO3. The van der Waals surface area contributed by atoms with Gasteiger partial charge in [-0.1, -0.05) is 22.9 Å². The van der Waals surface area contributed by atoms with Crippen LogP contribution in [0, 0.1) is 0 Å². The van der Waals surface area contributed by atoms with E-state index >= 15 is 0 Å². The first kappa shape index (κ1) is 13.6. The van der Waals surface area contributed by atoms with E-state index in [1.165, 1.54) is 0 Å². The molecular weight excluding hydrogens is 298 g/mol. The topological polar surface area (TPSA) is 50.7 Å². The molecule has 0 radical (unpaired) electrons. The lowest BCUT2D eigenvalue weighted by atomic mass is 10.1. The van der Waals surface area contributed by atoms with Crippen molar-refractivity contribution in [3.05, 3.63) is 22.2 Å².